The molecule has 4 N–H and O–H groups in total. The van der Waals surface area contributed by atoms with E-state index in [1.54, 1.807) is 24.3 Å². The summed E-state index contributed by atoms with van der Waals surface area (Å²) in [5, 5.41) is 22.0. The summed E-state index contributed by atoms with van der Waals surface area (Å²) in [5.74, 6) is -2.11. The van der Waals surface area contributed by atoms with Crippen LogP contribution >= 0.6 is 11.6 Å². The van der Waals surface area contributed by atoms with Gasteiger partial charge in [-0.15, -0.1) is 10.2 Å². The molecule has 0 saturated carbocycles. The monoisotopic (exact) mass is 542 g/mol. The number of nitrogens with two attached hydrogens (primary N) is 1. The van der Waals surface area contributed by atoms with Gasteiger partial charge in [-0.3, -0.25) is 9.59 Å². The summed E-state index contributed by atoms with van der Waals surface area (Å²) in [6.45, 7) is 0. The minimum atomic E-state index is -4.79. The van der Waals surface area contributed by atoms with E-state index in [1.807, 2.05) is 0 Å². The molecule has 0 aliphatic rings. The SMILES string of the molecule is COc1ccc(C(N)=O)cc1N=Nc1c(O)c(C(=O)Nc2ccc(Cl)cc2C(F)(F)F)cc2ccccc12. The van der Waals surface area contributed by atoms with Crippen LogP contribution in [0.25, 0.3) is 10.8 Å². The Morgan fingerprint density at radius 3 is 2.45 bits per heavy atom. The molecule has 8 nitrogen and oxygen atoms in total. The number of amides is 2. The highest BCUT2D eigenvalue weighted by molar-refractivity contribution is 6.30. The van der Waals surface area contributed by atoms with Crippen molar-refractivity contribution >= 4 is 51.2 Å². The lowest BCUT2D eigenvalue weighted by atomic mass is 10.0. The van der Waals surface area contributed by atoms with Crippen molar-refractivity contribution in [2.45, 2.75) is 6.18 Å². The van der Waals surface area contributed by atoms with Crippen molar-refractivity contribution in [3.8, 4) is 11.5 Å². The molecule has 0 bridgehead atoms. The van der Waals surface area contributed by atoms with Crippen LogP contribution in [0.2, 0.25) is 5.02 Å². The Morgan fingerprint density at radius 1 is 1.03 bits per heavy atom. The maximum Gasteiger partial charge on any atom is 0.418 e. The largest absolute Gasteiger partial charge is 0.505 e. The van der Waals surface area contributed by atoms with Gasteiger partial charge in [0.15, 0.2) is 5.75 Å². The highest BCUT2D eigenvalue weighted by Gasteiger charge is 2.34. The second-order valence-corrected chi connectivity index (χ2v) is 8.37. The fourth-order valence-electron chi connectivity index (χ4n) is 3.67. The van der Waals surface area contributed by atoms with E-state index in [1.165, 1.54) is 37.4 Å². The minimum Gasteiger partial charge on any atom is -0.505 e. The average molecular weight is 543 g/mol. The molecular weight excluding hydrogens is 525 g/mol. The normalized spacial score (nSPS) is 11.6. The van der Waals surface area contributed by atoms with Crippen LogP contribution < -0.4 is 15.8 Å². The van der Waals surface area contributed by atoms with E-state index < -0.39 is 35.0 Å². The zero-order valence-electron chi connectivity index (χ0n) is 19.5. The van der Waals surface area contributed by atoms with E-state index >= 15 is 0 Å². The van der Waals surface area contributed by atoms with Crippen LogP contribution in [0.1, 0.15) is 26.3 Å². The Kier molecular flexibility index (Phi) is 7.22. The summed E-state index contributed by atoms with van der Waals surface area (Å²) in [6.07, 6.45) is -4.79. The number of benzene rings is 4. The van der Waals surface area contributed by atoms with Crippen molar-refractivity contribution in [1.82, 2.24) is 0 Å². The first-order chi connectivity index (χ1) is 18.0. The summed E-state index contributed by atoms with van der Waals surface area (Å²) in [4.78, 5) is 24.7. The van der Waals surface area contributed by atoms with Gasteiger partial charge in [0.25, 0.3) is 5.91 Å². The Balaban J connectivity index is 1.81. The van der Waals surface area contributed by atoms with Gasteiger partial charge in [0.1, 0.15) is 17.1 Å². The molecule has 0 atom stereocenters. The van der Waals surface area contributed by atoms with Crippen LogP contribution in [0.3, 0.4) is 0 Å². The molecule has 12 heteroatoms. The number of carbonyl (C=O) groups is 2. The number of halogens is 4. The van der Waals surface area contributed by atoms with Crippen LogP contribution in [-0.2, 0) is 6.18 Å². The second-order valence-electron chi connectivity index (χ2n) is 7.94. The molecule has 0 unspecified atom stereocenters. The number of fused-ring (bicyclic) bond motifs is 1. The number of ether oxygens (including phenoxy) is 1. The maximum atomic E-state index is 13.5. The van der Waals surface area contributed by atoms with Crippen molar-refractivity contribution < 1.29 is 32.6 Å². The Hall–Kier alpha value is -4.64. The Morgan fingerprint density at radius 2 is 1.76 bits per heavy atom. The molecule has 4 aromatic rings. The van der Waals surface area contributed by atoms with Crippen molar-refractivity contribution in [1.29, 1.82) is 0 Å². The van der Waals surface area contributed by atoms with Crippen molar-refractivity contribution in [2.75, 3.05) is 12.4 Å². The number of methoxy groups -OCH3 is 1. The van der Waals surface area contributed by atoms with E-state index in [2.05, 4.69) is 15.5 Å². The van der Waals surface area contributed by atoms with Crippen molar-refractivity contribution in [2.24, 2.45) is 16.0 Å². The number of nitrogens with zero attached hydrogens (tertiary/aromatic N) is 2. The zero-order valence-corrected chi connectivity index (χ0v) is 20.3. The summed E-state index contributed by atoms with van der Waals surface area (Å²) in [7, 11) is 1.38. The first-order valence-electron chi connectivity index (χ1n) is 10.8. The number of carbonyl (C=O) groups excluding carboxylic acids is 2. The van der Waals surface area contributed by atoms with E-state index in [0.29, 0.717) is 16.8 Å². The predicted octanol–water partition coefficient (Wildman–Crippen LogP) is 6.99. The van der Waals surface area contributed by atoms with Crippen LogP contribution in [0.5, 0.6) is 11.5 Å². The number of anilines is 1. The van der Waals surface area contributed by atoms with Gasteiger partial charge in [-0.25, -0.2) is 0 Å². The second kappa shape index (κ2) is 10.4. The fourth-order valence-corrected chi connectivity index (χ4v) is 3.84. The summed E-state index contributed by atoms with van der Waals surface area (Å²) in [5.41, 5.74) is 3.39. The lowest BCUT2D eigenvalue weighted by molar-refractivity contribution is -0.136. The van der Waals surface area contributed by atoms with Gasteiger partial charge in [-0.05, 0) is 47.9 Å². The average Bonchev–Trinajstić information content (AvgIpc) is 2.88. The molecule has 0 heterocycles. The summed E-state index contributed by atoms with van der Waals surface area (Å²) < 4.78 is 45.8. The van der Waals surface area contributed by atoms with E-state index in [0.717, 1.165) is 6.07 Å². The predicted molar refractivity (Wildman–Crippen MR) is 136 cm³/mol. The van der Waals surface area contributed by atoms with E-state index in [-0.39, 0.29) is 33.3 Å². The summed E-state index contributed by atoms with van der Waals surface area (Å²) >= 11 is 5.71. The third-order valence-corrected chi connectivity index (χ3v) is 5.73. The number of hydrogen-bond donors (Lipinski definition) is 3. The van der Waals surface area contributed by atoms with Crippen LogP contribution in [0.4, 0.5) is 30.2 Å². The molecule has 0 aromatic heterocycles. The lowest BCUT2D eigenvalue weighted by Crippen LogP contribution is -2.17. The molecule has 0 saturated heterocycles. The standard InChI is InChI=1S/C26H18ClF3N4O4/c1-38-21-9-6-14(24(31)36)11-20(21)33-34-22-16-5-3-2-4-13(16)10-17(23(22)35)25(37)32-19-8-7-15(27)12-18(19)26(28,29)30/h2-12,35H,1H3,(H2,31,36)(H,32,37). The van der Waals surface area contributed by atoms with Gasteiger partial charge in [0.05, 0.1) is 23.9 Å². The number of aromatic hydroxyl groups is 1. The van der Waals surface area contributed by atoms with E-state index in [9.17, 15) is 27.9 Å². The Bertz CT molecular complexity index is 1610. The molecule has 0 aliphatic carbocycles. The highest BCUT2D eigenvalue weighted by Crippen LogP contribution is 2.41. The van der Waals surface area contributed by atoms with Gasteiger partial charge >= 0.3 is 6.18 Å². The van der Waals surface area contributed by atoms with Gasteiger partial charge in [0, 0.05) is 16.0 Å². The molecule has 2 amide bonds. The molecular formula is C26H18ClF3N4O4. The minimum absolute atomic E-state index is 0.109. The molecule has 4 aromatic carbocycles. The van der Waals surface area contributed by atoms with Gasteiger partial charge < -0.3 is 20.9 Å². The van der Waals surface area contributed by atoms with E-state index in [4.69, 9.17) is 22.1 Å². The number of nitrogens with one attached hydrogen (secondary N) is 1. The molecule has 38 heavy (non-hydrogen) atoms. The molecule has 0 fully saturated rings. The molecule has 0 spiro atoms. The number of rotatable bonds is 6. The quantitative estimate of drug-likeness (QED) is 0.227. The number of primary amides is 1. The number of phenolic OH excluding ortho intramolecular Hbond substituents is 1. The zero-order chi connectivity index (χ0) is 27.6. The van der Waals surface area contributed by atoms with Crippen LogP contribution in [0, 0.1) is 0 Å². The molecule has 194 valence electrons. The summed E-state index contributed by atoms with van der Waals surface area (Å²) in [6, 6.07) is 15.0. The topological polar surface area (TPSA) is 126 Å². The van der Waals surface area contributed by atoms with Crippen LogP contribution in [0.15, 0.2) is 77.0 Å². The van der Waals surface area contributed by atoms with Crippen LogP contribution in [-0.4, -0.2) is 24.0 Å². The number of azo groups is 1. The van der Waals surface area contributed by atoms with Crippen molar-refractivity contribution in [3.05, 3.63) is 88.4 Å². The van der Waals surface area contributed by atoms with Crippen molar-refractivity contribution in [3.63, 3.8) is 0 Å². The first-order valence-corrected chi connectivity index (χ1v) is 11.2. The van der Waals surface area contributed by atoms with Gasteiger partial charge in [-0.2, -0.15) is 13.2 Å². The molecule has 0 aliphatic heterocycles. The number of hydrogen-bond acceptors (Lipinski definition) is 6. The number of phenols is 1. The maximum absolute atomic E-state index is 13.5. The fraction of sp³-hybridized carbons (Fsp3) is 0.0769. The van der Waals surface area contributed by atoms with Gasteiger partial charge in [0.2, 0.25) is 5.91 Å². The van der Waals surface area contributed by atoms with Gasteiger partial charge in [-0.1, -0.05) is 35.9 Å². The molecule has 4 rings (SSSR count). The smallest absolute Gasteiger partial charge is 0.418 e. The Labute approximate surface area is 218 Å². The number of alkyl halides is 3. The third-order valence-electron chi connectivity index (χ3n) is 5.50. The third kappa shape index (κ3) is 5.37. The molecule has 0 radical (unpaired) electrons. The lowest BCUT2D eigenvalue weighted by Gasteiger charge is -2.15. The highest BCUT2D eigenvalue weighted by atomic mass is 35.5. The first kappa shape index (κ1) is 26.4.